The van der Waals surface area contributed by atoms with Crippen molar-refractivity contribution >= 4 is 17.9 Å². The minimum atomic E-state index is -0.767. The number of carbonyl (C=O) groups excluding carboxylic acids is 3. The molecule has 0 aliphatic rings. The van der Waals surface area contributed by atoms with Gasteiger partial charge in [0.2, 0.25) is 0 Å². The Kier molecular flexibility index (Phi) is 51.2. The van der Waals surface area contributed by atoms with Gasteiger partial charge >= 0.3 is 17.9 Å². The number of rotatable bonds is 52. The summed E-state index contributed by atoms with van der Waals surface area (Å²) in [7, 11) is 0. The Balaban J connectivity index is 4.33. The van der Waals surface area contributed by atoms with Crippen LogP contribution >= 0.6 is 0 Å². The molecule has 0 fully saturated rings. The molecule has 0 saturated carbocycles. The number of carbonyl (C=O) groups is 3. The zero-order valence-corrected chi connectivity index (χ0v) is 42.6. The van der Waals surface area contributed by atoms with E-state index in [0.29, 0.717) is 19.3 Å². The minimum Gasteiger partial charge on any atom is -0.462 e. The lowest BCUT2D eigenvalue weighted by Crippen LogP contribution is -2.30. The van der Waals surface area contributed by atoms with Crippen LogP contribution < -0.4 is 0 Å². The number of hydrogen-bond donors (Lipinski definition) is 0. The van der Waals surface area contributed by atoms with Gasteiger partial charge in [-0.3, -0.25) is 14.4 Å². The summed E-state index contributed by atoms with van der Waals surface area (Å²) in [4.78, 5) is 38.1. The van der Waals surface area contributed by atoms with Crippen molar-refractivity contribution in [1.82, 2.24) is 0 Å². The van der Waals surface area contributed by atoms with Gasteiger partial charge < -0.3 is 14.2 Å². The van der Waals surface area contributed by atoms with Gasteiger partial charge in [-0.05, 0) is 44.9 Å². The first kappa shape index (κ1) is 61.1. The van der Waals surface area contributed by atoms with Crippen molar-refractivity contribution in [1.29, 1.82) is 0 Å². The highest BCUT2D eigenvalue weighted by atomic mass is 16.6. The second-order valence-electron chi connectivity index (χ2n) is 19.2. The van der Waals surface area contributed by atoms with Gasteiger partial charge in [0.05, 0.1) is 0 Å². The Morgan fingerprint density at radius 2 is 0.524 bits per heavy atom. The van der Waals surface area contributed by atoms with Gasteiger partial charge in [0, 0.05) is 19.3 Å². The average molecular weight is 889 g/mol. The summed E-state index contributed by atoms with van der Waals surface area (Å²) < 4.78 is 16.9. The standard InChI is InChI=1S/C57H108O6/c1-4-7-10-13-16-19-22-25-28-31-34-37-40-43-46-49-55(58)61-52-54(63-57(60)51-48-45-42-39-36-33-30-27-24-21-18-15-12-9-6-3)53-62-56(59)50-47-44-41-38-35-32-29-26-23-20-17-14-11-8-5-2/h25,28,54H,4-24,26-27,29-53H2,1-3H3/b28-25+. The van der Waals surface area contributed by atoms with Crippen molar-refractivity contribution in [2.75, 3.05) is 13.2 Å². The average Bonchev–Trinajstić information content (AvgIpc) is 3.28. The molecule has 1 atom stereocenters. The Hall–Kier alpha value is -1.85. The molecule has 372 valence electrons. The quantitative estimate of drug-likeness (QED) is 0.0262. The number of ether oxygens (including phenoxy) is 3. The topological polar surface area (TPSA) is 78.9 Å². The Morgan fingerprint density at radius 3 is 0.794 bits per heavy atom. The van der Waals surface area contributed by atoms with Crippen molar-refractivity contribution < 1.29 is 28.6 Å². The molecule has 0 bridgehead atoms. The van der Waals surface area contributed by atoms with Crippen molar-refractivity contribution in [3.8, 4) is 0 Å². The predicted octanol–water partition coefficient (Wildman–Crippen LogP) is 18.5. The molecule has 0 heterocycles. The van der Waals surface area contributed by atoms with E-state index >= 15 is 0 Å². The molecular formula is C57H108O6. The van der Waals surface area contributed by atoms with E-state index in [1.165, 1.54) is 212 Å². The molecular weight excluding hydrogens is 781 g/mol. The van der Waals surface area contributed by atoms with Gasteiger partial charge in [0.1, 0.15) is 13.2 Å². The van der Waals surface area contributed by atoms with E-state index in [1.54, 1.807) is 0 Å². The van der Waals surface area contributed by atoms with Crippen LogP contribution in [0.4, 0.5) is 0 Å². The minimum absolute atomic E-state index is 0.0666. The number of allylic oxidation sites excluding steroid dienone is 2. The Bertz CT molecular complexity index is 978. The molecule has 0 aromatic carbocycles. The van der Waals surface area contributed by atoms with Crippen LogP contribution in [0, 0.1) is 0 Å². The van der Waals surface area contributed by atoms with Crippen LogP contribution in [0.3, 0.4) is 0 Å². The highest BCUT2D eigenvalue weighted by Crippen LogP contribution is 2.17. The van der Waals surface area contributed by atoms with Gasteiger partial charge in [-0.15, -0.1) is 0 Å². The highest BCUT2D eigenvalue weighted by Gasteiger charge is 2.19. The molecule has 0 aromatic rings. The maximum absolute atomic E-state index is 12.8. The Morgan fingerprint density at radius 1 is 0.302 bits per heavy atom. The highest BCUT2D eigenvalue weighted by molar-refractivity contribution is 5.71. The third kappa shape index (κ3) is 51.0. The molecule has 0 saturated heterocycles. The van der Waals surface area contributed by atoms with Gasteiger partial charge in [0.25, 0.3) is 0 Å². The number of hydrogen-bond acceptors (Lipinski definition) is 6. The third-order valence-electron chi connectivity index (χ3n) is 12.8. The molecule has 6 heteroatoms. The van der Waals surface area contributed by atoms with Crippen molar-refractivity contribution in [2.45, 2.75) is 322 Å². The van der Waals surface area contributed by atoms with E-state index in [9.17, 15) is 14.4 Å². The fourth-order valence-electron chi connectivity index (χ4n) is 8.50. The van der Waals surface area contributed by atoms with Crippen LogP contribution in [0.15, 0.2) is 12.2 Å². The lowest BCUT2D eigenvalue weighted by Gasteiger charge is -2.18. The summed E-state index contributed by atoms with van der Waals surface area (Å²) >= 11 is 0. The molecule has 63 heavy (non-hydrogen) atoms. The zero-order chi connectivity index (χ0) is 45.8. The van der Waals surface area contributed by atoms with Crippen LogP contribution in [0.25, 0.3) is 0 Å². The van der Waals surface area contributed by atoms with Crippen LogP contribution in [0.2, 0.25) is 0 Å². The second-order valence-corrected chi connectivity index (χ2v) is 19.2. The van der Waals surface area contributed by atoms with Gasteiger partial charge in [-0.25, -0.2) is 0 Å². The van der Waals surface area contributed by atoms with Crippen LogP contribution in [-0.4, -0.2) is 37.2 Å². The van der Waals surface area contributed by atoms with Crippen LogP contribution in [0.1, 0.15) is 316 Å². The Labute approximate surface area is 392 Å². The van der Waals surface area contributed by atoms with Gasteiger partial charge in [0.15, 0.2) is 6.10 Å². The summed E-state index contributed by atoms with van der Waals surface area (Å²) in [5.74, 6) is -0.852. The van der Waals surface area contributed by atoms with E-state index < -0.39 is 6.10 Å². The summed E-state index contributed by atoms with van der Waals surface area (Å²) in [5.41, 5.74) is 0. The van der Waals surface area contributed by atoms with E-state index in [-0.39, 0.29) is 31.1 Å². The first-order valence-corrected chi connectivity index (χ1v) is 28.2. The van der Waals surface area contributed by atoms with Crippen molar-refractivity contribution in [3.63, 3.8) is 0 Å². The smallest absolute Gasteiger partial charge is 0.306 e. The zero-order valence-electron chi connectivity index (χ0n) is 42.6. The van der Waals surface area contributed by atoms with E-state index in [0.717, 1.165) is 64.2 Å². The summed E-state index contributed by atoms with van der Waals surface area (Å²) in [6.07, 6.45) is 59.1. The lowest BCUT2D eigenvalue weighted by molar-refractivity contribution is -0.167. The molecule has 0 aromatic heterocycles. The maximum Gasteiger partial charge on any atom is 0.306 e. The molecule has 1 unspecified atom stereocenters. The molecule has 0 amide bonds. The largest absolute Gasteiger partial charge is 0.462 e. The molecule has 0 aliphatic carbocycles. The maximum atomic E-state index is 12.8. The fourth-order valence-corrected chi connectivity index (χ4v) is 8.50. The van der Waals surface area contributed by atoms with Crippen LogP contribution in [-0.2, 0) is 28.6 Å². The SMILES string of the molecule is CCCCCCCC/C=C/CCCCCCCC(=O)OCC(COC(=O)CCCCCCCCCCCCCCCCC)OC(=O)CCCCCCCCCCCCCCCCC. The first-order valence-electron chi connectivity index (χ1n) is 28.2. The first-order chi connectivity index (χ1) is 31.0. The van der Waals surface area contributed by atoms with Crippen molar-refractivity contribution in [3.05, 3.63) is 12.2 Å². The number of unbranched alkanes of at least 4 members (excludes halogenated alkanes) is 39. The lowest BCUT2D eigenvalue weighted by atomic mass is 10.0. The van der Waals surface area contributed by atoms with Gasteiger partial charge in [-0.1, -0.05) is 264 Å². The monoisotopic (exact) mass is 889 g/mol. The molecule has 6 nitrogen and oxygen atoms in total. The number of esters is 3. The summed E-state index contributed by atoms with van der Waals surface area (Å²) in [5, 5.41) is 0. The van der Waals surface area contributed by atoms with E-state index in [1.807, 2.05) is 0 Å². The van der Waals surface area contributed by atoms with E-state index in [4.69, 9.17) is 14.2 Å². The molecule has 0 aliphatic heterocycles. The summed E-state index contributed by atoms with van der Waals surface area (Å²) in [6.45, 7) is 6.68. The molecule has 0 N–H and O–H groups in total. The summed E-state index contributed by atoms with van der Waals surface area (Å²) in [6, 6.07) is 0. The van der Waals surface area contributed by atoms with Gasteiger partial charge in [-0.2, -0.15) is 0 Å². The third-order valence-corrected chi connectivity index (χ3v) is 12.8. The second kappa shape index (κ2) is 52.8. The predicted molar refractivity (Wildman–Crippen MR) is 270 cm³/mol. The van der Waals surface area contributed by atoms with Crippen LogP contribution in [0.5, 0.6) is 0 Å². The fraction of sp³-hybridized carbons (Fsp3) is 0.912. The normalized spacial score (nSPS) is 12.0. The molecule has 0 radical (unpaired) electrons. The van der Waals surface area contributed by atoms with Crippen molar-refractivity contribution in [2.24, 2.45) is 0 Å². The van der Waals surface area contributed by atoms with E-state index in [2.05, 4.69) is 32.9 Å². The molecule has 0 rings (SSSR count). The molecule has 0 spiro atoms.